The molecule has 5 heteroatoms. The fourth-order valence-electron chi connectivity index (χ4n) is 0.740. The normalized spacial score (nSPS) is 10.2. The fraction of sp³-hybridized carbons (Fsp3) is 0. The first-order valence-electron chi connectivity index (χ1n) is 3.61. The van der Waals surface area contributed by atoms with Crippen LogP contribution in [0.5, 0.6) is 0 Å². The lowest BCUT2D eigenvalue weighted by Crippen LogP contribution is -2.63. The van der Waals surface area contributed by atoms with Crippen LogP contribution in [0.2, 0.25) is 0 Å². The summed E-state index contributed by atoms with van der Waals surface area (Å²) in [5.41, 5.74) is 10.9. The van der Waals surface area contributed by atoms with E-state index in [2.05, 4.69) is 10.2 Å². The number of hydrogen-bond acceptors (Lipinski definition) is 1. The van der Waals surface area contributed by atoms with E-state index in [0.29, 0.717) is 0 Å². The highest BCUT2D eigenvalue weighted by atomic mass is 19.1. The van der Waals surface area contributed by atoms with Gasteiger partial charge in [-0.1, -0.05) is 0 Å². The molecule has 0 aliphatic heterocycles. The first-order chi connectivity index (χ1) is 6.18. The summed E-state index contributed by atoms with van der Waals surface area (Å²) in [6.07, 6.45) is 1.55. The SMILES string of the molecule is NC(N)=N/[NH+]=C\c1ccc(F)cc1. The van der Waals surface area contributed by atoms with Crippen molar-refractivity contribution in [2.75, 3.05) is 0 Å². The van der Waals surface area contributed by atoms with Crippen molar-refractivity contribution in [1.82, 2.24) is 0 Å². The number of hydrazone groups is 1. The molecular formula is C8H10FN4+. The number of nitrogens with two attached hydrogens (primary N) is 2. The highest BCUT2D eigenvalue weighted by Crippen LogP contribution is 1.97. The third-order valence-electron chi connectivity index (χ3n) is 1.29. The van der Waals surface area contributed by atoms with Gasteiger partial charge in [-0.15, -0.1) is 5.10 Å². The molecule has 0 aliphatic rings. The van der Waals surface area contributed by atoms with Crippen LogP contribution in [0.4, 0.5) is 4.39 Å². The number of nitrogens with zero attached hydrogens (tertiary/aromatic N) is 1. The maximum atomic E-state index is 12.4. The predicted molar refractivity (Wildman–Crippen MR) is 48.3 cm³/mol. The molecule has 1 aromatic rings. The van der Waals surface area contributed by atoms with Gasteiger partial charge in [-0.25, -0.2) is 4.39 Å². The van der Waals surface area contributed by atoms with Gasteiger partial charge in [0.15, 0.2) is 0 Å². The molecule has 0 saturated heterocycles. The van der Waals surface area contributed by atoms with Crippen LogP contribution in [0.3, 0.4) is 0 Å². The van der Waals surface area contributed by atoms with Crippen LogP contribution >= 0.6 is 0 Å². The monoisotopic (exact) mass is 181 g/mol. The number of guanidine groups is 1. The summed E-state index contributed by atoms with van der Waals surface area (Å²) >= 11 is 0. The summed E-state index contributed by atoms with van der Waals surface area (Å²) in [5.74, 6) is -0.336. The first-order valence-corrected chi connectivity index (χ1v) is 3.61. The number of benzene rings is 1. The summed E-state index contributed by atoms with van der Waals surface area (Å²) < 4.78 is 12.4. The van der Waals surface area contributed by atoms with Gasteiger partial charge in [-0.2, -0.15) is 0 Å². The Morgan fingerprint density at radius 1 is 1.31 bits per heavy atom. The average Bonchev–Trinajstić information content (AvgIpc) is 2.08. The lowest BCUT2D eigenvalue weighted by molar-refractivity contribution is -0.456. The second-order valence-corrected chi connectivity index (χ2v) is 2.36. The zero-order valence-electron chi connectivity index (χ0n) is 6.87. The quantitative estimate of drug-likeness (QED) is 0.295. The number of nitrogens with one attached hydrogen (secondary N) is 1. The molecule has 0 atom stereocenters. The minimum absolute atomic E-state index is 0.0571. The summed E-state index contributed by atoms with van der Waals surface area (Å²) in [7, 11) is 0. The minimum atomic E-state index is -0.279. The molecule has 13 heavy (non-hydrogen) atoms. The molecule has 1 rings (SSSR count). The summed E-state index contributed by atoms with van der Waals surface area (Å²) in [6, 6.07) is 5.90. The molecule has 5 N–H and O–H groups in total. The van der Waals surface area contributed by atoms with Crippen LogP contribution in [0.15, 0.2) is 29.4 Å². The Morgan fingerprint density at radius 2 is 1.92 bits per heavy atom. The van der Waals surface area contributed by atoms with E-state index in [4.69, 9.17) is 11.5 Å². The van der Waals surface area contributed by atoms with Crippen LogP contribution in [0.25, 0.3) is 0 Å². The van der Waals surface area contributed by atoms with E-state index in [9.17, 15) is 4.39 Å². The Hall–Kier alpha value is -1.91. The smallest absolute Gasteiger partial charge is 0.256 e. The zero-order valence-corrected chi connectivity index (χ0v) is 6.87. The van der Waals surface area contributed by atoms with Crippen LogP contribution in [0, 0.1) is 5.82 Å². The van der Waals surface area contributed by atoms with E-state index in [1.165, 1.54) is 12.1 Å². The molecule has 0 unspecified atom stereocenters. The van der Waals surface area contributed by atoms with Crippen LogP contribution in [0.1, 0.15) is 5.56 Å². The van der Waals surface area contributed by atoms with Crippen molar-refractivity contribution < 1.29 is 9.49 Å². The van der Waals surface area contributed by atoms with Gasteiger partial charge in [-0.05, 0) is 24.3 Å². The number of rotatable bonds is 2. The highest BCUT2D eigenvalue weighted by Gasteiger charge is 1.91. The molecule has 0 amide bonds. The topological polar surface area (TPSA) is 78.4 Å². The third-order valence-corrected chi connectivity index (χ3v) is 1.29. The van der Waals surface area contributed by atoms with Crippen molar-refractivity contribution in [3.05, 3.63) is 35.6 Å². The second-order valence-electron chi connectivity index (χ2n) is 2.36. The van der Waals surface area contributed by atoms with E-state index >= 15 is 0 Å². The van der Waals surface area contributed by atoms with E-state index in [0.717, 1.165) is 5.56 Å². The third kappa shape index (κ3) is 3.33. The van der Waals surface area contributed by atoms with Gasteiger partial charge in [-0.3, -0.25) is 0 Å². The second kappa shape index (κ2) is 4.20. The van der Waals surface area contributed by atoms with Crippen LogP contribution < -0.4 is 16.6 Å². The van der Waals surface area contributed by atoms with Crippen molar-refractivity contribution >= 4 is 12.2 Å². The van der Waals surface area contributed by atoms with Gasteiger partial charge >= 0.3 is 0 Å². The molecule has 1 aromatic carbocycles. The zero-order chi connectivity index (χ0) is 9.68. The maximum Gasteiger partial charge on any atom is 0.256 e. The Labute approximate surface area is 74.8 Å². The molecule has 0 heterocycles. The van der Waals surface area contributed by atoms with Gasteiger partial charge in [0.1, 0.15) is 5.82 Å². The van der Waals surface area contributed by atoms with Crippen molar-refractivity contribution in [2.45, 2.75) is 0 Å². The predicted octanol–water partition coefficient (Wildman–Crippen LogP) is -1.49. The molecule has 0 fully saturated rings. The van der Waals surface area contributed by atoms with Crippen molar-refractivity contribution in [3.8, 4) is 0 Å². The molecule has 0 aromatic heterocycles. The Kier molecular flexibility index (Phi) is 2.97. The van der Waals surface area contributed by atoms with Crippen molar-refractivity contribution in [2.24, 2.45) is 16.6 Å². The summed E-state index contributed by atoms with van der Waals surface area (Å²) in [5, 5.41) is 6.03. The Bertz CT molecular complexity index is 325. The molecule has 0 saturated carbocycles. The highest BCUT2D eigenvalue weighted by molar-refractivity contribution is 5.76. The summed E-state index contributed by atoms with van der Waals surface area (Å²) in [4.78, 5) is 0. The number of hydrogen-bond donors (Lipinski definition) is 3. The van der Waals surface area contributed by atoms with E-state index in [-0.39, 0.29) is 11.8 Å². The van der Waals surface area contributed by atoms with Gasteiger partial charge in [0.25, 0.3) is 5.96 Å². The van der Waals surface area contributed by atoms with Crippen molar-refractivity contribution in [1.29, 1.82) is 0 Å². The van der Waals surface area contributed by atoms with Crippen molar-refractivity contribution in [3.63, 3.8) is 0 Å². The molecule has 68 valence electrons. The van der Waals surface area contributed by atoms with E-state index in [1.54, 1.807) is 18.3 Å². The van der Waals surface area contributed by atoms with E-state index in [1.807, 2.05) is 0 Å². The molecule has 0 spiro atoms. The molecular weight excluding hydrogens is 171 g/mol. The largest absolute Gasteiger partial charge is 0.365 e. The van der Waals surface area contributed by atoms with Crippen LogP contribution in [-0.4, -0.2) is 12.2 Å². The lowest BCUT2D eigenvalue weighted by atomic mass is 10.2. The van der Waals surface area contributed by atoms with Gasteiger partial charge in [0.05, 0.1) is 0 Å². The molecule has 4 nitrogen and oxygen atoms in total. The van der Waals surface area contributed by atoms with Gasteiger partial charge in [0, 0.05) is 10.7 Å². The first kappa shape index (κ1) is 9.18. The summed E-state index contributed by atoms with van der Waals surface area (Å²) in [6.45, 7) is 0. The minimum Gasteiger partial charge on any atom is -0.365 e. The van der Waals surface area contributed by atoms with Gasteiger partial charge in [0.2, 0.25) is 6.21 Å². The Balaban J connectivity index is 2.70. The standard InChI is InChI=1S/C8H9FN4/c9-7-3-1-6(2-4-7)5-12-13-8(10)11/h1-5H,(H4,10,11,13)/p+1/b12-5-. The molecule has 0 radical (unpaired) electrons. The average molecular weight is 181 g/mol. The molecule has 0 bridgehead atoms. The lowest BCUT2D eigenvalue weighted by Gasteiger charge is -1.86. The maximum absolute atomic E-state index is 12.4. The fourth-order valence-corrected chi connectivity index (χ4v) is 0.740. The Morgan fingerprint density at radius 3 is 2.46 bits per heavy atom. The van der Waals surface area contributed by atoms with Crippen LogP contribution in [-0.2, 0) is 0 Å². The molecule has 0 aliphatic carbocycles. The number of halogens is 1. The van der Waals surface area contributed by atoms with Gasteiger partial charge < -0.3 is 11.5 Å². The van der Waals surface area contributed by atoms with E-state index < -0.39 is 0 Å².